The van der Waals surface area contributed by atoms with E-state index in [1.165, 1.54) is 6.26 Å². The topological polar surface area (TPSA) is 125 Å². The lowest BCUT2D eigenvalue weighted by Gasteiger charge is -2.16. The summed E-state index contributed by atoms with van der Waals surface area (Å²) in [6.07, 6.45) is 4.80. The van der Waals surface area contributed by atoms with Crippen molar-refractivity contribution in [2.45, 2.75) is 43.4 Å². The largest absolute Gasteiger partial charge is 0.384 e. The Morgan fingerprint density at radius 1 is 1.12 bits per heavy atom. The maximum atomic E-state index is 13.5. The Hall–Kier alpha value is -1.70. The van der Waals surface area contributed by atoms with Gasteiger partial charge in [-0.25, -0.2) is 17.6 Å². The number of hydrogen-bond acceptors (Lipinski definition) is 8. The number of halogens is 1. The van der Waals surface area contributed by atoms with Crippen molar-refractivity contribution >= 4 is 66.9 Å². The van der Waals surface area contributed by atoms with Gasteiger partial charge in [-0.1, -0.05) is 19.6 Å². The van der Waals surface area contributed by atoms with Crippen LogP contribution >= 0.6 is 15.9 Å². The number of anilines is 4. The number of nitrogens with zero attached hydrogens (tertiary/aromatic N) is 3. The van der Waals surface area contributed by atoms with Crippen molar-refractivity contribution in [1.82, 2.24) is 9.97 Å². The Bertz CT molecular complexity index is 1240. The highest BCUT2D eigenvalue weighted by Crippen LogP contribution is 2.30. The molecule has 0 fully saturated rings. The molecule has 13 heteroatoms. The van der Waals surface area contributed by atoms with Gasteiger partial charge >= 0.3 is 0 Å². The first-order valence-electron chi connectivity index (χ1n) is 10.7. The summed E-state index contributed by atoms with van der Waals surface area (Å²) in [4.78, 5) is 9.16. The molecule has 0 spiro atoms. The van der Waals surface area contributed by atoms with Crippen molar-refractivity contribution < 1.29 is 12.6 Å². The zero-order valence-corrected chi connectivity index (χ0v) is 23.5. The Labute approximate surface area is 206 Å². The van der Waals surface area contributed by atoms with E-state index in [1.807, 2.05) is 0 Å². The summed E-state index contributed by atoms with van der Waals surface area (Å²) in [5.41, 5.74) is 1.27. The number of sulfonamides is 1. The Kier molecular flexibility index (Phi) is 8.07. The molecule has 1 atom stereocenters. The van der Waals surface area contributed by atoms with Crippen LogP contribution in [0.3, 0.4) is 0 Å². The predicted octanol–water partition coefficient (Wildman–Crippen LogP) is 4.73. The molecule has 4 bridgehead atoms. The second kappa shape index (κ2) is 10.3. The van der Waals surface area contributed by atoms with Gasteiger partial charge in [-0.2, -0.15) is 4.98 Å². The monoisotopic (exact) mass is 574 g/mol. The van der Waals surface area contributed by atoms with E-state index < -0.39 is 27.8 Å². The molecule has 0 saturated heterocycles. The second-order valence-electron chi connectivity index (χ2n) is 9.26. The van der Waals surface area contributed by atoms with E-state index >= 15 is 0 Å². The Morgan fingerprint density at radius 2 is 1.82 bits per heavy atom. The number of rotatable bonds is 5. The fourth-order valence-corrected chi connectivity index (χ4v) is 10.2. The summed E-state index contributed by atoms with van der Waals surface area (Å²) in [5.74, 6) is 1.04. The molecule has 0 radical (unpaired) electrons. The van der Waals surface area contributed by atoms with Crippen LogP contribution < -0.4 is 16.0 Å². The van der Waals surface area contributed by atoms with E-state index in [-0.39, 0.29) is 5.75 Å². The van der Waals surface area contributed by atoms with Crippen LogP contribution in [0.2, 0.25) is 25.7 Å². The zero-order valence-electron chi connectivity index (χ0n) is 19.3. The van der Waals surface area contributed by atoms with Crippen molar-refractivity contribution in [3.05, 3.63) is 28.9 Å². The van der Waals surface area contributed by atoms with E-state index in [0.717, 1.165) is 23.9 Å². The van der Waals surface area contributed by atoms with Gasteiger partial charge < -0.3 is 16.0 Å². The molecule has 1 unspecified atom stereocenters. The molecule has 0 amide bonds. The molecule has 1 aromatic heterocycles. The molecule has 3 rings (SSSR count). The third-order valence-electron chi connectivity index (χ3n) is 4.97. The molecular weight excluding hydrogens is 544 g/mol. The minimum Gasteiger partial charge on any atom is -0.384 e. The third kappa shape index (κ3) is 7.65. The number of fused-ring (bicyclic) bond motifs is 4. The fourth-order valence-electron chi connectivity index (χ4n) is 3.17. The Morgan fingerprint density at radius 3 is 2.52 bits per heavy atom. The van der Waals surface area contributed by atoms with E-state index in [0.29, 0.717) is 40.6 Å². The molecule has 3 N–H and O–H groups in total. The molecule has 2 heterocycles. The van der Waals surface area contributed by atoms with Crippen molar-refractivity contribution in [3.8, 4) is 0 Å². The summed E-state index contributed by atoms with van der Waals surface area (Å²) in [6.45, 7) is 7.68. The molecular formula is C20H31BrN6O3S2Si. The molecule has 1 aliphatic rings. The van der Waals surface area contributed by atoms with Gasteiger partial charge in [-0.15, -0.1) is 3.77 Å². The molecule has 2 aromatic rings. The summed E-state index contributed by atoms with van der Waals surface area (Å²) in [7, 11) is -8.57. The lowest BCUT2D eigenvalue weighted by Crippen LogP contribution is -2.23. The molecule has 1 aromatic carbocycles. The van der Waals surface area contributed by atoms with Crippen LogP contribution in [-0.4, -0.2) is 55.8 Å². The number of aromatic nitrogens is 2. The van der Waals surface area contributed by atoms with Crippen molar-refractivity contribution in [2.75, 3.05) is 41.0 Å². The smallest absolute Gasteiger partial charge is 0.260 e. The van der Waals surface area contributed by atoms with Gasteiger partial charge in [0.1, 0.15) is 5.82 Å². The van der Waals surface area contributed by atoms with Gasteiger partial charge in [-0.3, -0.25) is 0 Å². The quantitative estimate of drug-likeness (QED) is 0.437. The first-order valence-corrected chi connectivity index (χ1v) is 18.8. The van der Waals surface area contributed by atoms with Gasteiger partial charge in [0.05, 0.1) is 30.5 Å². The maximum Gasteiger partial charge on any atom is 0.260 e. The van der Waals surface area contributed by atoms with Gasteiger partial charge in [0, 0.05) is 39.3 Å². The third-order valence-corrected chi connectivity index (χ3v) is 11.6. The van der Waals surface area contributed by atoms with Crippen LogP contribution in [0.1, 0.15) is 12.8 Å². The van der Waals surface area contributed by atoms with E-state index in [1.54, 1.807) is 24.4 Å². The SMILES string of the molecule is C[Si](C)(C)CCS(=O)(=O)N=S(C)(=O)c1ccc2cc1NCCCCNc1nc(ncc1Br)N2. The minimum absolute atomic E-state index is 0.0772. The average Bonchev–Trinajstić information content (AvgIpc) is 2.70. The highest BCUT2D eigenvalue weighted by Gasteiger charge is 2.22. The first-order chi connectivity index (χ1) is 15.3. The number of benzene rings is 1. The first kappa shape index (κ1) is 25.9. The minimum atomic E-state index is -3.81. The highest BCUT2D eigenvalue weighted by atomic mass is 79.9. The summed E-state index contributed by atoms with van der Waals surface area (Å²) in [6, 6.07) is 5.75. The Balaban J connectivity index is 1.98. The van der Waals surface area contributed by atoms with Crippen LogP contribution in [0, 0.1) is 0 Å². The fraction of sp³-hybridized carbons (Fsp3) is 0.500. The van der Waals surface area contributed by atoms with Gasteiger partial charge in [0.25, 0.3) is 10.0 Å². The molecule has 9 nitrogen and oxygen atoms in total. The van der Waals surface area contributed by atoms with Crippen LogP contribution in [-0.2, 0) is 19.8 Å². The van der Waals surface area contributed by atoms with Crippen LogP contribution in [0.5, 0.6) is 0 Å². The van der Waals surface area contributed by atoms with Crippen LogP contribution in [0.15, 0.2) is 37.5 Å². The maximum absolute atomic E-state index is 13.5. The number of hydrogen-bond donors (Lipinski definition) is 3. The molecule has 33 heavy (non-hydrogen) atoms. The lowest BCUT2D eigenvalue weighted by atomic mass is 10.2. The van der Waals surface area contributed by atoms with Gasteiger partial charge in [0.2, 0.25) is 5.95 Å². The molecule has 182 valence electrons. The average molecular weight is 576 g/mol. The van der Waals surface area contributed by atoms with Crippen LogP contribution in [0.25, 0.3) is 0 Å². The predicted molar refractivity (Wildman–Crippen MR) is 142 cm³/mol. The summed E-state index contributed by atoms with van der Waals surface area (Å²) >= 11 is 3.46. The normalized spacial score (nSPS) is 16.5. The van der Waals surface area contributed by atoms with Crippen molar-refractivity contribution in [2.24, 2.45) is 3.77 Å². The summed E-state index contributed by atoms with van der Waals surface area (Å²) < 4.78 is 43.4. The lowest BCUT2D eigenvalue weighted by molar-refractivity contribution is 0.599. The summed E-state index contributed by atoms with van der Waals surface area (Å²) in [5, 5.41) is 9.76. The molecule has 0 aliphatic carbocycles. The molecule has 1 aliphatic heterocycles. The molecule has 0 saturated carbocycles. The van der Waals surface area contributed by atoms with E-state index in [9.17, 15) is 12.6 Å². The van der Waals surface area contributed by atoms with Gasteiger partial charge in [-0.05, 0) is 53.0 Å². The van der Waals surface area contributed by atoms with E-state index in [2.05, 4.69) is 65.3 Å². The van der Waals surface area contributed by atoms with Crippen LogP contribution in [0.4, 0.5) is 23.1 Å². The van der Waals surface area contributed by atoms with Crippen molar-refractivity contribution in [1.29, 1.82) is 0 Å². The van der Waals surface area contributed by atoms with Gasteiger partial charge in [0.15, 0.2) is 0 Å². The van der Waals surface area contributed by atoms with E-state index in [4.69, 9.17) is 0 Å². The zero-order chi connectivity index (χ0) is 24.3. The number of nitrogens with one attached hydrogen (secondary N) is 3. The van der Waals surface area contributed by atoms with Crippen molar-refractivity contribution in [3.63, 3.8) is 0 Å². The second-order valence-corrected chi connectivity index (χ2v) is 19.9. The highest BCUT2D eigenvalue weighted by molar-refractivity contribution is 9.10. The standard InChI is InChI=1S/C20H31BrN6O3S2Si/c1-31(28,27-32(29,30)11-12-33(2,3)4)18-8-7-15-13-17(18)22-9-5-6-10-23-19-16(21)14-24-20(25-15)26-19/h7-8,13-14,22H,5-6,9-12H2,1-4H3,(H2,23,24,25,26).